The van der Waals surface area contributed by atoms with Crippen molar-refractivity contribution in [3.8, 4) is 0 Å². The summed E-state index contributed by atoms with van der Waals surface area (Å²) in [6, 6.07) is 14.8. The molecule has 4 aromatic rings. The summed E-state index contributed by atoms with van der Waals surface area (Å²) in [5.41, 5.74) is 0.864. The zero-order valence-electron chi connectivity index (χ0n) is 18.7. The van der Waals surface area contributed by atoms with Crippen LogP contribution in [0.3, 0.4) is 0 Å². The lowest BCUT2D eigenvalue weighted by atomic mass is 10.2. The number of halogens is 2. The molecule has 2 aromatic heterocycles. The van der Waals surface area contributed by atoms with Crippen molar-refractivity contribution in [2.24, 2.45) is 7.05 Å². The van der Waals surface area contributed by atoms with Crippen LogP contribution in [0.1, 0.15) is 11.1 Å². The van der Waals surface area contributed by atoms with Gasteiger partial charge < -0.3 is 4.90 Å². The van der Waals surface area contributed by atoms with E-state index in [0.717, 1.165) is 19.6 Å². The van der Waals surface area contributed by atoms with Crippen molar-refractivity contribution in [3.05, 3.63) is 91.3 Å². The van der Waals surface area contributed by atoms with E-state index in [4.69, 9.17) is 11.6 Å². The molecule has 0 spiro atoms. The number of piperazine rings is 1. The van der Waals surface area contributed by atoms with Gasteiger partial charge in [-0.2, -0.15) is 4.98 Å². The van der Waals surface area contributed by atoms with Crippen LogP contribution in [-0.2, 0) is 20.1 Å². The van der Waals surface area contributed by atoms with Crippen molar-refractivity contribution >= 4 is 28.7 Å². The van der Waals surface area contributed by atoms with Crippen LogP contribution >= 0.6 is 11.6 Å². The standard InChI is InChI=1S/C24H24ClFN6O2/c1-29-21-20(22(33)28-24(29)34)32(15-17-18(25)8-5-9-19(17)26)23(27-21)31-12-10-30(11-13-31)14-16-6-3-2-4-7-16/h2-9H,10-15H2,1H3,(H,28,33,34). The zero-order valence-corrected chi connectivity index (χ0v) is 19.4. The molecule has 5 rings (SSSR count). The van der Waals surface area contributed by atoms with Gasteiger partial charge in [0, 0.05) is 50.4 Å². The number of anilines is 1. The molecule has 0 atom stereocenters. The van der Waals surface area contributed by atoms with Gasteiger partial charge in [-0.1, -0.05) is 48.0 Å². The van der Waals surface area contributed by atoms with Gasteiger partial charge in [0.2, 0.25) is 5.95 Å². The summed E-state index contributed by atoms with van der Waals surface area (Å²) in [6.45, 7) is 3.81. The SMILES string of the molecule is Cn1c(=O)[nH]c(=O)c2c1nc(N1CCN(Cc3ccccc3)CC1)n2Cc1c(F)cccc1Cl. The molecular weight excluding hydrogens is 459 g/mol. The third-order valence-electron chi connectivity index (χ3n) is 6.27. The average molecular weight is 483 g/mol. The molecule has 10 heteroatoms. The lowest BCUT2D eigenvalue weighted by molar-refractivity contribution is 0.248. The molecule has 3 heterocycles. The second-order valence-corrected chi connectivity index (χ2v) is 8.84. The number of nitrogens with zero attached hydrogens (tertiary/aromatic N) is 5. The third-order valence-corrected chi connectivity index (χ3v) is 6.62. The van der Waals surface area contributed by atoms with E-state index in [9.17, 15) is 14.0 Å². The zero-order chi connectivity index (χ0) is 23.8. The molecule has 0 amide bonds. The Morgan fingerprint density at radius 3 is 2.44 bits per heavy atom. The largest absolute Gasteiger partial charge is 0.340 e. The van der Waals surface area contributed by atoms with Crippen molar-refractivity contribution in [3.63, 3.8) is 0 Å². The Labute approximate surface area is 199 Å². The van der Waals surface area contributed by atoms with Gasteiger partial charge in [0.25, 0.3) is 5.56 Å². The molecule has 1 aliphatic heterocycles. The van der Waals surface area contributed by atoms with Crippen LogP contribution < -0.4 is 16.1 Å². The molecule has 0 saturated carbocycles. The summed E-state index contributed by atoms with van der Waals surface area (Å²) in [4.78, 5) is 36.4. The minimum Gasteiger partial charge on any atom is -0.340 e. The lowest BCUT2D eigenvalue weighted by Gasteiger charge is -2.35. The van der Waals surface area contributed by atoms with Crippen LogP contribution in [-0.4, -0.2) is 50.2 Å². The van der Waals surface area contributed by atoms with Gasteiger partial charge in [-0.05, 0) is 17.7 Å². The topological polar surface area (TPSA) is 79.2 Å². The number of hydrogen-bond acceptors (Lipinski definition) is 5. The van der Waals surface area contributed by atoms with Crippen LogP contribution in [0.15, 0.2) is 58.1 Å². The van der Waals surface area contributed by atoms with Gasteiger partial charge >= 0.3 is 5.69 Å². The number of nitrogens with one attached hydrogen (secondary N) is 1. The summed E-state index contributed by atoms with van der Waals surface area (Å²) in [5.74, 6) is 0.0506. The minimum absolute atomic E-state index is 0.0167. The maximum atomic E-state index is 14.6. The molecular formula is C24H24ClFN6O2. The smallest absolute Gasteiger partial charge is 0.329 e. The Balaban J connectivity index is 1.51. The van der Waals surface area contributed by atoms with E-state index in [1.807, 2.05) is 18.2 Å². The second kappa shape index (κ2) is 9.08. The van der Waals surface area contributed by atoms with Gasteiger partial charge in [-0.25, -0.2) is 9.18 Å². The van der Waals surface area contributed by atoms with Crippen molar-refractivity contribution in [1.29, 1.82) is 0 Å². The maximum absolute atomic E-state index is 14.6. The summed E-state index contributed by atoms with van der Waals surface area (Å²) in [7, 11) is 1.55. The van der Waals surface area contributed by atoms with Gasteiger partial charge in [-0.15, -0.1) is 0 Å². The molecule has 0 radical (unpaired) electrons. The first-order valence-corrected chi connectivity index (χ1v) is 11.4. The molecule has 0 unspecified atom stereocenters. The Bertz CT molecular complexity index is 1430. The number of hydrogen-bond donors (Lipinski definition) is 1. The quantitative estimate of drug-likeness (QED) is 0.473. The first-order chi connectivity index (χ1) is 16.4. The minimum atomic E-state index is -0.563. The van der Waals surface area contributed by atoms with E-state index < -0.39 is 17.1 Å². The van der Waals surface area contributed by atoms with Gasteiger partial charge in [0.15, 0.2) is 11.2 Å². The fourth-order valence-corrected chi connectivity index (χ4v) is 4.63. The summed E-state index contributed by atoms with van der Waals surface area (Å²) < 4.78 is 17.6. The Kier molecular flexibility index (Phi) is 5.97. The van der Waals surface area contributed by atoms with Gasteiger partial charge in [0.1, 0.15) is 5.82 Å². The van der Waals surface area contributed by atoms with Crippen molar-refractivity contribution in [2.75, 3.05) is 31.1 Å². The van der Waals surface area contributed by atoms with E-state index >= 15 is 0 Å². The molecule has 1 fully saturated rings. The van der Waals surface area contributed by atoms with Crippen LogP contribution in [0, 0.1) is 5.82 Å². The predicted octanol–water partition coefficient (Wildman–Crippen LogP) is 2.59. The number of aromatic nitrogens is 4. The fourth-order valence-electron chi connectivity index (χ4n) is 4.40. The molecule has 34 heavy (non-hydrogen) atoms. The lowest BCUT2D eigenvalue weighted by Crippen LogP contribution is -2.47. The highest BCUT2D eigenvalue weighted by Gasteiger charge is 2.26. The maximum Gasteiger partial charge on any atom is 0.329 e. The van der Waals surface area contributed by atoms with Crippen LogP contribution in [0.2, 0.25) is 5.02 Å². The summed E-state index contributed by atoms with van der Waals surface area (Å²) in [6.07, 6.45) is 0. The summed E-state index contributed by atoms with van der Waals surface area (Å²) >= 11 is 6.29. The van der Waals surface area contributed by atoms with Gasteiger partial charge in [0.05, 0.1) is 6.54 Å². The predicted molar refractivity (Wildman–Crippen MR) is 130 cm³/mol. The Hall–Kier alpha value is -3.43. The summed E-state index contributed by atoms with van der Waals surface area (Å²) in [5, 5.41) is 0.265. The van der Waals surface area contributed by atoms with E-state index in [1.54, 1.807) is 17.7 Å². The Morgan fingerprint density at radius 1 is 1.00 bits per heavy atom. The van der Waals surface area contributed by atoms with Crippen LogP contribution in [0.5, 0.6) is 0 Å². The van der Waals surface area contributed by atoms with Crippen molar-refractivity contribution in [1.82, 2.24) is 24.0 Å². The van der Waals surface area contributed by atoms with E-state index in [1.165, 1.54) is 22.3 Å². The molecule has 1 saturated heterocycles. The highest BCUT2D eigenvalue weighted by Crippen LogP contribution is 2.26. The fraction of sp³-hybridized carbons (Fsp3) is 0.292. The third kappa shape index (κ3) is 4.12. The highest BCUT2D eigenvalue weighted by molar-refractivity contribution is 6.31. The second-order valence-electron chi connectivity index (χ2n) is 8.44. The first-order valence-electron chi connectivity index (χ1n) is 11.1. The number of rotatable bonds is 5. The number of aromatic amines is 1. The molecule has 1 N–H and O–H groups in total. The monoisotopic (exact) mass is 482 g/mol. The van der Waals surface area contributed by atoms with E-state index in [0.29, 0.717) is 19.0 Å². The molecule has 176 valence electrons. The molecule has 2 aromatic carbocycles. The van der Waals surface area contributed by atoms with Crippen LogP contribution in [0.25, 0.3) is 11.2 Å². The van der Waals surface area contributed by atoms with E-state index in [-0.39, 0.29) is 28.3 Å². The number of aryl methyl sites for hydroxylation is 1. The normalized spacial score (nSPS) is 14.7. The molecule has 0 aliphatic carbocycles. The number of imidazole rings is 1. The number of fused-ring (bicyclic) bond motifs is 1. The molecule has 8 nitrogen and oxygen atoms in total. The van der Waals surface area contributed by atoms with Crippen molar-refractivity contribution in [2.45, 2.75) is 13.1 Å². The molecule has 1 aliphatic rings. The van der Waals surface area contributed by atoms with E-state index in [2.05, 4.69) is 31.9 Å². The number of H-pyrrole nitrogens is 1. The Morgan fingerprint density at radius 2 is 1.74 bits per heavy atom. The first kappa shape index (κ1) is 22.4. The van der Waals surface area contributed by atoms with Crippen molar-refractivity contribution < 1.29 is 4.39 Å². The van der Waals surface area contributed by atoms with Crippen LogP contribution in [0.4, 0.5) is 10.3 Å². The average Bonchev–Trinajstić information content (AvgIpc) is 3.21. The number of benzene rings is 2. The molecule has 0 bridgehead atoms. The van der Waals surface area contributed by atoms with Gasteiger partial charge in [-0.3, -0.25) is 23.8 Å². The highest BCUT2D eigenvalue weighted by atomic mass is 35.5.